The molecule has 0 spiro atoms. The number of nitrogens with one attached hydrogen (secondary N) is 1. The van der Waals surface area contributed by atoms with E-state index in [1.165, 1.54) is 31.2 Å². The molecule has 1 amide bonds. The Balaban J connectivity index is 2.18. The van der Waals surface area contributed by atoms with Crippen LogP contribution < -0.4 is 4.72 Å². The van der Waals surface area contributed by atoms with Crippen molar-refractivity contribution in [2.45, 2.75) is 31.6 Å². The first-order valence-electron chi connectivity index (χ1n) is 8.79. The van der Waals surface area contributed by atoms with Gasteiger partial charge in [-0.15, -0.1) is 0 Å². The molecule has 0 bridgehead atoms. The van der Waals surface area contributed by atoms with Crippen molar-refractivity contribution >= 4 is 27.3 Å². The van der Waals surface area contributed by atoms with E-state index >= 15 is 0 Å². The second-order valence-corrected chi connectivity index (χ2v) is 8.15. The zero-order valence-electron chi connectivity index (χ0n) is 16.0. The van der Waals surface area contributed by atoms with Crippen LogP contribution in [0.15, 0.2) is 47.4 Å². The molecule has 9 heteroatoms. The summed E-state index contributed by atoms with van der Waals surface area (Å²) in [6.07, 6.45) is 1.89. The number of rotatable bonds is 8. The van der Waals surface area contributed by atoms with E-state index in [0.29, 0.717) is 17.7 Å². The topological polar surface area (TPSA) is 110 Å². The summed E-state index contributed by atoms with van der Waals surface area (Å²) in [6.45, 7) is 4.23. The Bertz CT molecular complexity index is 972. The van der Waals surface area contributed by atoms with Crippen LogP contribution in [0.25, 0.3) is 0 Å². The minimum atomic E-state index is -4.00. The summed E-state index contributed by atoms with van der Waals surface area (Å²) in [7, 11) is -2.28. The SMILES string of the molecule is CCCCN(C)C(=O)c1ccc(NS(=O)(=O)c2ccc(C)c([N+](=O)[O-])c2)cc1. The van der Waals surface area contributed by atoms with Crippen LogP contribution in [-0.2, 0) is 10.0 Å². The predicted molar refractivity (Wildman–Crippen MR) is 107 cm³/mol. The summed E-state index contributed by atoms with van der Waals surface area (Å²) >= 11 is 0. The van der Waals surface area contributed by atoms with E-state index in [1.807, 2.05) is 6.92 Å². The van der Waals surface area contributed by atoms with Crippen molar-refractivity contribution in [3.05, 3.63) is 63.7 Å². The van der Waals surface area contributed by atoms with Gasteiger partial charge in [0.05, 0.1) is 9.82 Å². The van der Waals surface area contributed by atoms with Gasteiger partial charge < -0.3 is 4.90 Å². The van der Waals surface area contributed by atoms with Crippen LogP contribution in [0.4, 0.5) is 11.4 Å². The molecule has 8 nitrogen and oxygen atoms in total. The lowest BCUT2D eigenvalue weighted by Crippen LogP contribution is -2.27. The maximum absolute atomic E-state index is 12.5. The maximum atomic E-state index is 12.5. The van der Waals surface area contributed by atoms with Gasteiger partial charge in [-0.25, -0.2) is 8.42 Å². The molecule has 0 saturated heterocycles. The van der Waals surface area contributed by atoms with Gasteiger partial charge in [-0.3, -0.25) is 19.6 Å². The molecule has 150 valence electrons. The fraction of sp³-hybridized carbons (Fsp3) is 0.316. The molecule has 0 saturated carbocycles. The smallest absolute Gasteiger partial charge is 0.273 e. The standard InChI is InChI=1S/C19H23N3O5S/c1-4-5-12-21(3)19(23)15-7-9-16(10-8-15)20-28(26,27)17-11-6-14(2)18(13-17)22(24)25/h6-11,13,20H,4-5,12H2,1-3H3. The van der Waals surface area contributed by atoms with Crippen molar-refractivity contribution in [2.75, 3.05) is 18.3 Å². The van der Waals surface area contributed by atoms with Gasteiger partial charge in [0.1, 0.15) is 0 Å². The molecule has 0 heterocycles. The lowest BCUT2D eigenvalue weighted by atomic mass is 10.2. The predicted octanol–water partition coefficient (Wildman–Crippen LogP) is 3.58. The van der Waals surface area contributed by atoms with Crippen LogP contribution in [0.2, 0.25) is 0 Å². The molecular weight excluding hydrogens is 382 g/mol. The van der Waals surface area contributed by atoms with Crippen LogP contribution in [0, 0.1) is 17.0 Å². The van der Waals surface area contributed by atoms with Crippen LogP contribution in [0.1, 0.15) is 35.7 Å². The number of hydrogen-bond donors (Lipinski definition) is 1. The molecule has 0 aliphatic heterocycles. The minimum absolute atomic E-state index is 0.142. The van der Waals surface area contributed by atoms with Gasteiger partial charge in [0, 0.05) is 36.5 Å². The van der Waals surface area contributed by atoms with Crippen LogP contribution >= 0.6 is 0 Å². The highest BCUT2D eigenvalue weighted by molar-refractivity contribution is 7.92. The van der Waals surface area contributed by atoms with Gasteiger partial charge in [0.15, 0.2) is 0 Å². The maximum Gasteiger partial charge on any atom is 0.273 e. The number of carbonyl (C=O) groups is 1. The summed E-state index contributed by atoms with van der Waals surface area (Å²) in [4.78, 5) is 24.2. The van der Waals surface area contributed by atoms with Crippen molar-refractivity contribution < 1.29 is 18.1 Å². The molecule has 28 heavy (non-hydrogen) atoms. The number of aryl methyl sites for hydroxylation is 1. The highest BCUT2D eigenvalue weighted by Gasteiger charge is 2.20. The third kappa shape index (κ3) is 5.07. The Morgan fingerprint density at radius 1 is 1.18 bits per heavy atom. The first-order valence-corrected chi connectivity index (χ1v) is 10.3. The summed E-state index contributed by atoms with van der Waals surface area (Å²) in [5.41, 5.74) is 0.821. The summed E-state index contributed by atoms with van der Waals surface area (Å²) in [6, 6.07) is 9.78. The van der Waals surface area contributed by atoms with E-state index in [1.54, 1.807) is 24.1 Å². The van der Waals surface area contributed by atoms with Crippen LogP contribution in [-0.4, -0.2) is 37.7 Å². The van der Waals surface area contributed by atoms with E-state index < -0.39 is 14.9 Å². The second-order valence-electron chi connectivity index (χ2n) is 6.47. The number of nitrogens with zero attached hydrogens (tertiary/aromatic N) is 2. The number of amides is 1. The molecule has 2 rings (SSSR count). The van der Waals surface area contributed by atoms with E-state index in [4.69, 9.17) is 0 Å². The molecule has 2 aromatic rings. The van der Waals surface area contributed by atoms with Gasteiger partial charge in [-0.2, -0.15) is 0 Å². The Morgan fingerprint density at radius 3 is 2.39 bits per heavy atom. The van der Waals surface area contributed by atoms with E-state index in [-0.39, 0.29) is 22.2 Å². The number of nitro groups is 1. The number of sulfonamides is 1. The van der Waals surface area contributed by atoms with E-state index in [0.717, 1.165) is 18.9 Å². The highest BCUT2D eigenvalue weighted by Crippen LogP contribution is 2.24. The molecule has 0 unspecified atom stereocenters. The number of unbranched alkanes of at least 4 members (excludes halogenated alkanes) is 1. The van der Waals surface area contributed by atoms with Gasteiger partial charge in [0.25, 0.3) is 21.6 Å². The van der Waals surface area contributed by atoms with E-state index in [9.17, 15) is 23.3 Å². The average Bonchev–Trinajstić information content (AvgIpc) is 2.65. The molecule has 0 radical (unpaired) electrons. The Labute approximate surface area is 164 Å². The zero-order valence-corrected chi connectivity index (χ0v) is 16.8. The Hall–Kier alpha value is -2.94. The Kier molecular flexibility index (Phi) is 6.74. The molecule has 1 N–H and O–H groups in total. The molecule has 0 aliphatic carbocycles. The van der Waals surface area contributed by atoms with Crippen molar-refractivity contribution in [1.82, 2.24) is 4.90 Å². The third-order valence-electron chi connectivity index (χ3n) is 4.27. The largest absolute Gasteiger partial charge is 0.342 e. The fourth-order valence-corrected chi connectivity index (χ4v) is 3.64. The number of carbonyl (C=O) groups excluding carboxylic acids is 1. The van der Waals surface area contributed by atoms with Crippen molar-refractivity contribution in [2.24, 2.45) is 0 Å². The van der Waals surface area contributed by atoms with Gasteiger partial charge in [-0.1, -0.05) is 19.4 Å². The summed E-state index contributed by atoms with van der Waals surface area (Å²) in [5, 5.41) is 11.0. The summed E-state index contributed by atoms with van der Waals surface area (Å²) in [5.74, 6) is -0.142. The molecule has 2 aromatic carbocycles. The van der Waals surface area contributed by atoms with Crippen LogP contribution in [0.5, 0.6) is 0 Å². The molecule has 0 aliphatic rings. The van der Waals surface area contributed by atoms with E-state index in [2.05, 4.69) is 4.72 Å². The van der Waals surface area contributed by atoms with Gasteiger partial charge in [0.2, 0.25) is 0 Å². The highest BCUT2D eigenvalue weighted by atomic mass is 32.2. The quantitative estimate of drug-likeness (QED) is 0.533. The average molecular weight is 405 g/mol. The third-order valence-corrected chi connectivity index (χ3v) is 5.64. The molecular formula is C19H23N3O5S. The normalized spacial score (nSPS) is 11.1. The summed E-state index contributed by atoms with van der Waals surface area (Å²) < 4.78 is 27.4. The van der Waals surface area contributed by atoms with Crippen molar-refractivity contribution in [3.8, 4) is 0 Å². The number of benzene rings is 2. The monoisotopic (exact) mass is 405 g/mol. The lowest BCUT2D eigenvalue weighted by molar-refractivity contribution is -0.385. The number of nitro benzene ring substituents is 1. The molecule has 0 fully saturated rings. The zero-order chi connectivity index (χ0) is 20.9. The van der Waals surface area contributed by atoms with Gasteiger partial charge in [-0.05, 0) is 43.7 Å². The fourth-order valence-electron chi connectivity index (χ4n) is 2.57. The van der Waals surface area contributed by atoms with Crippen molar-refractivity contribution in [3.63, 3.8) is 0 Å². The number of hydrogen-bond acceptors (Lipinski definition) is 5. The lowest BCUT2D eigenvalue weighted by Gasteiger charge is -2.17. The van der Waals surface area contributed by atoms with Crippen LogP contribution in [0.3, 0.4) is 0 Å². The minimum Gasteiger partial charge on any atom is -0.342 e. The first kappa shape index (κ1) is 21.4. The number of anilines is 1. The second kappa shape index (κ2) is 8.83. The Morgan fingerprint density at radius 2 is 1.82 bits per heavy atom. The molecule has 0 atom stereocenters. The van der Waals surface area contributed by atoms with Gasteiger partial charge >= 0.3 is 0 Å². The first-order chi connectivity index (χ1) is 13.2. The molecule has 0 aromatic heterocycles. The van der Waals surface area contributed by atoms with Crippen molar-refractivity contribution in [1.29, 1.82) is 0 Å².